The Morgan fingerprint density at radius 3 is 2.95 bits per heavy atom. The van der Waals surface area contributed by atoms with Gasteiger partial charge in [0.2, 0.25) is 0 Å². The molecule has 0 saturated carbocycles. The third-order valence-corrected chi connectivity index (χ3v) is 5.36. The van der Waals surface area contributed by atoms with E-state index in [0.29, 0.717) is 12.0 Å². The van der Waals surface area contributed by atoms with Gasteiger partial charge < -0.3 is 4.40 Å². The zero-order chi connectivity index (χ0) is 13.5. The average Bonchev–Trinajstić information content (AvgIpc) is 2.80. The number of hydrogen-bond donors (Lipinski definition) is 0. The minimum Gasteiger partial charge on any atom is -0.303 e. The predicted octanol–water partition coefficient (Wildman–Crippen LogP) is 1.44. The Morgan fingerprint density at radius 1 is 1.37 bits per heavy atom. The SMILES string of the molecule is O=Cc1ccc2cnc(C3CCCS(=O)(=O)C3)n2c1. The van der Waals surface area contributed by atoms with Gasteiger partial charge in [0.25, 0.3) is 0 Å². The van der Waals surface area contributed by atoms with Crippen LogP contribution in [0.1, 0.15) is 34.9 Å². The highest BCUT2D eigenvalue weighted by Crippen LogP contribution is 2.28. The smallest absolute Gasteiger partial charge is 0.151 e. The molecular weight excluding hydrogens is 264 g/mol. The molecule has 0 N–H and O–H groups in total. The molecule has 19 heavy (non-hydrogen) atoms. The molecule has 0 radical (unpaired) electrons. The van der Waals surface area contributed by atoms with E-state index in [-0.39, 0.29) is 17.4 Å². The number of sulfone groups is 1. The molecule has 0 aromatic carbocycles. The molecule has 2 aromatic rings. The van der Waals surface area contributed by atoms with Gasteiger partial charge in [-0.25, -0.2) is 13.4 Å². The molecule has 3 heterocycles. The van der Waals surface area contributed by atoms with E-state index < -0.39 is 9.84 Å². The van der Waals surface area contributed by atoms with Crippen molar-refractivity contribution in [2.75, 3.05) is 11.5 Å². The van der Waals surface area contributed by atoms with E-state index in [2.05, 4.69) is 4.98 Å². The summed E-state index contributed by atoms with van der Waals surface area (Å²) in [5.41, 5.74) is 1.44. The standard InChI is InChI=1S/C13H14N2O3S/c16-8-10-3-4-12-6-14-13(15(12)7-10)11-2-1-5-19(17,18)9-11/h3-4,6-8,11H,1-2,5,9H2. The van der Waals surface area contributed by atoms with Gasteiger partial charge in [-0.1, -0.05) is 0 Å². The van der Waals surface area contributed by atoms with Gasteiger partial charge >= 0.3 is 0 Å². The van der Waals surface area contributed by atoms with E-state index in [4.69, 9.17) is 0 Å². The average molecular weight is 278 g/mol. The van der Waals surface area contributed by atoms with Crippen molar-refractivity contribution >= 4 is 21.6 Å². The maximum atomic E-state index is 11.7. The van der Waals surface area contributed by atoms with Crippen LogP contribution in [0, 0.1) is 0 Å². The molecule has 1 fully saturated rings. The van der Waals surface area contributed by atoms with Crippen molar-refractivity contribution in [2.45, 2.75) is 18.8 Å². The molecule has 1 atom stereocenters. The van der Waals surface area contributed by atoms with Crippen LogP contribution in [0.25, 0.3) is 5.52 Å². The van der Waals surface area contributed by atoms with Gasteiger partial charge in [0.05, 0.1) is 23.2 Å². The number of nitrogens with zero attached hydrogens (tertiary/aromatic N) is 2. The Morgan fingerprint density at radius 2 is 2.21 bits per heavy atom. The first-order valence-electron chi connectivity index (χ1n) is 6.22. The second-order valence-corrected chi connectivity index (χ2v) is 7.17. The third kappa shape index (κ3) is 2.28. The van der Waals surface area contributed by atoms with Gasteiger partial charge in [0.15, 0.2) is 16.1 Å². The summed E-state index contributed by atoms with van der Waals surface area (Å²) in [5.74, 6) is 1.08. The molecule has 3 rings (SSSR count). The van der Waals surface area contributed by atoms with Crippen molar-refractivity contribution in [3.63, 3.8) is 0 Å². The highest BCUT2D eigenvalue weighted by Gasteiger charge is 2.28. The summed E-state index contributed by atoms with van der Waals surface area (Å²) >= 11 is 0. The van der Waals surface area contributed by atoms with E-state index in [9.17, 15) is 13.2 Å². The number of aldehydes is 1. The van der Waals surface area contributed by atoms with Crippen molar-refractivity contribution in [2.24, 2.45) is 0 Å². The summed E-state index contributed by atoms with van der Waals surface area (Å²) < 4.78 is 25.3. The number of pyridine rings is 1. The molecule has 5 nitrogen and oxygen atoms in total. The van der Waals surface area contributed by atoms with Crippen LogP contribution in [0.5, 0.6) is 0 Å². The van der Waals surface area contributed by atoms with E-state index in [1.165, 1.54) is 0 Å². The molecule has 2 aromatic heterocycles. The Hall–Kier alpha value is -1.69. The van der Waals surface area contributed by atoms with Gasteiger partial charge in [-0.2, -0.15) is 0 Å². The largest absolute Gasteiger partial charge is 0.303 e. The predicted molar refractivity (Wildman–Crippen MR) is 71.2 cm³/mol. The summed E-state index contributed by atoms with van der Waals surface area (Å²) in [7, 11) is -2.97. The van der Waals surface area contributed by atoms with Crippen molar-refractivity contribution in [1.82, 2.24) is 9.38 Å². The number of aromatic nitrogens is 2. The van der Waals surface area contributed by atoms with Gasteiger partial charge in [0.1, 0.15) is 5.82 Å². The lowest BCUT2D eigenvalue weighted by Crippen LogP contribution is -2.25. The van der Waals surface area contributed by atoms with Crippen LogP contribution in [0.2, 0.25) is 0 Å². The maximum absolute atomic E-state index is 11.7. The van der Waals surface area contributed by atoms with Crippen LogP contribution in [-0.2, 0) is 9.84 Å². The molecule has 0 bridgehead atoms. The molecule has 1 unspecified atom stereocenters. The lowest BCUT2D eigenvalue weighted by atomic mass is 10.0. The number of fused-ring (bicyclic) bond motifs is 1. The van der Waals surface area contributed by atoms with Crippen molar-refractivity contribution in [1.29, 1.82) is 0 Å². The van der Waals surface area contributed by atoms with Crippen LogP contribution in [0.15, 0.2) is 24.5 Å². The Bertz CT molecular complexity index is 733. The molecule has 0 spiro atoms. The van der Waals surface area contributed by atoms with Crippen molar-refractivity contribution in [3.05, 3.63) is 35.9 Å². The van der Waals surface area contributed by atoms with Crippen molar-refractivity contribution < 1.29 is 13.2 Å². The summed E-state index contributed by atoms with van der Waals surface area (Å²) in [5, 5.41) is 0. The lowest BCUT2D eigenvalue weighted by Gasteiger charge is -2.20. The van der Waals surface area contributed by atoms with Crippen LogP contribution in [-0.4, -0.2) is 35.6 Å². The molecule has 1 saturated heterocycles. The highest BCUT2D eigenvalue weighted by molar-refractivity contribution is 7.91. The van der Waals surface area contributed by atoms with Crippen LogP contribution in [0.3, 0.4) is 0 Å². The van der Waals surface area contributed by atoms with Crippen LogP contribution in [0.4, 0.5) is 0 Å². The summed E-state index contributed by atoms with van der Waals surface area (Å²) in [6.45, 7) is 0. The van der Waals surface area contributed by atoms with Gasteiger partial charge in [-0.3, -0.25) is 4.79 Å². The summed E-state index contributed by atoms with van der Waals surface area (Å²) in [4.78, 5) is 15.2. The van der Waals surface area contributed by atoms with Crippen molar-refractivity contribution in [3.8, 4) is 0 Å². The quantitative estimate of drug-likeness (QED) is 0.779. The van der Waals surface area contributed by atoms with Gasteiger partial charge in [-0.05, 0) is 25.0 Å². The molecule has 0 aliphatic carbocycles. The third-order valence-electron chi connectivity index (χ3n) is 3.54. The fourth-order valence-electron chi connectivity index (χ4n) is 2.62. The van der Waals surface area contributed by atoms with Gasteiger partial charge in [0, 0.05) is 17.7 Å². The topological polar surface area (TPSA) is 68.5 Å². The van der Waals surface area contributed by atoms with Crippen LogP contribution < -0.4 is 0 Å². The number of carbonyl (C=O) groups excluding carboxylic acids is 1. The maximum Gasteiger partial charge on any atom is 0.151 e. The van der Waals surface area contributed by atoms with Crippen LogP contribution >= 0.6 is 0 Å². The summed E-state index contributed by atoms with van der Waals surface area (Å²) in [6, 6.07) is 3.54. The number of imidazole rings is 1. The first-order valence-corrected chi connectivity index (χ1v) is 8.04. The molecular formula is C13H14N2O3S. The zero-order valence-electron chi connectivity index (χ0n) is 10.3. The second kappa shape index (κ2) is 4.45. The fraction of sp³-hybridized carbons (Fsp3) is 0.385. The van der Waals surface area contributed by atoms with E-state index in [1.807, 2.05) is 10.5 Å². The van der Waals surface area contributed by atoms with Gasteiger partial charge in [-0.15, -0.1) is 0 Å². The molecule has 1 aliphatic rings. The summed E-state index contributed by atoms with van der Waals surface area (Å²) in [6.07, 6.45) is 5.71. The van der Waals surface area contributed by atoms with E-state index in [0.717, 1.165) is 24.0 Å². The van der Waals surface area contributed by atoms with E-state index >= 15 is 0 Å². The number of hydrogen-bond acceptors (Lipinski definition) is 4. The molecule has 1 aliphatic heterocycles. The number of rotatable bonds is 2. The lowest BCUT2D eigenvalue weighted by molar-refractivity contribution is 0.112. The Balaban J connectivity index is 2.07. The molecule has 0 amide bonds. The monoisotopic (exact) mass is 278 g/mol. The molecule has 100 valence electrons. The second-order valence-electron chi connectivity index (χ2n) is 4.95. The first kappa shape index (κ1) is 12.3. The molecule has 6 heteroatoms. The number of carbonyl (C=O) groups is 1. The minimum absolute atomic E-state index is 0.0804. The fourth-order valence-corrected chi connectivity index (χ4v) is 4.33. The Kier molecular flexibility index (Phi) is 2.89. The first-order chi connectivity index (χ1) is 9.09. The normalized spacial score (nSPS) is 22.4. The van der Waals surface area contributed by atoms with E-state index in [1.54, 1.807) is 18.5 Å². The highest BCUT2D eigenvalue weighted by atomic mass is 32.2. The zero-order valence-corrected chi connectivity index (χ0v) is 11.1. The Labute approximate surface area is 111 Å². The minimum atomic E-state index is -2.97.